The van der Waals surface area contributed by atoms with Crippen LogP contribution in [0.2, 0.25) is 0 Å². The van der Waals surface area contributed by atoms with Gasteiger partial charge in [-0.25, -0.2) is 4.79 Å². The molecule has 2 fully saturated rings. The Labute approximate surface area is 118 Å². The lowest BCUT2D eigenvalue weighted by Crippen LogP contribution is -2.52. The highest BCUT2D eigenvalue weighted by Gasteiger charge is 2.41. The van der Waals surface area contributed by atoms with E-state index in [-0.39, 0.29) is 23.7 Å². The first-order chi connectivity index (χ1) is 9.41. The number of rotatable bonds is 5. The van der Waals surface area contributed by atoms with Crippen molar-refractivity contribution in [1.82, 2.24) is 10.2 Å². The lowest BCUT2D eigenvalue weighted by atomic mass is 10.0. The third-order valence-corrected chi connectivity index (χ3v) is 4.00. The normalized spacial score (nSPS) is 23.8. The van der Waals surface area contributed by atoms with Gasteiger partial charge >= 0.3 is 5.97 Å². The van der Waals surface area contributed by atoms with Gasteiger partial charge in [0.1, 0.15) is 12.1 Å². The van der Waals surface area contributed by atoms with Crippen LogP contribution in [0.4, 0.5) is 0 Å². The van der Waals surface area contributed by atoms with Crippen molar-refractivity contribution in [2.75, 3.05) is 6.54 Å². The number of nitrogens with one attached hydrogen (secondary N) is 1. The summed E-state index contributed by atoms with van der Waals surface area (Å²) in [6.45, 7) is 4.11. The molecule has 0 aromatic rings. The van der Waals surface area contributed by atoms with Gasteiger partial charge in [-0.2, -0.15) is 0 Å². The first-order valence-corrected chi connectivity index (χ1v) is 7.25. The number of aliphatic carboxylic acids is 1. The Hall–Kier alpha value is -1.59. The smallest absolute Gasteiger partial charge is 0.326 e. The predicted octanol–water partition coefficient (Wildman–Crippen LogP) is 0.613. The quantitative estimate of drug-likeness (QED) is 0.773. The van der Waals surface area contributed by atoms with Gasteiger partial charge in [-0.3, -0.25) is 9.59 Å². The molecule has 2 aliphatic rings. The summed E-state index contributed by atoms with van der Waals surface area (Å²) in [4.78, 5) is 37.1. The first kappa shape index (κ1) is 14.8. The number of carboxylic acid groups (broad SMARTS) is 1. The van der Waals surface area contributed by atoms with Gasteiger partial charge in [0, 0.05) is 12.5 Å². The summed E-state index contributed by atoms with van der Waals surface area (Å²) in [6, 6.07) is -1.40. The predicted molar refractivity (Wildman–Crippen MR) is 71.9 cm³/mol. The maximum Gasteiger partial charge on any atom is 0.326 e. The zero-order chi connectivity index (χ0) is 14.9. The van der Waals surface area contributed by atoms with Crippen molar-refractivity contribution in [2.24, 2.45) is 11.8 Å². The molecule has 1 saturated carbocycles. The van der Waals surface area contributed by atoms with Gasteiger partial charge in [0.15, 0.2) is 0 Å². The minimum Gasteiger partial charge on any atom is -0.480 e. The average Bonchev–Trinajstić information content (AvgIpc) is 3.11. The molecule has 0 aromatic carbocycles. The van der Waals surface area contributed by atoms with Crippen LogP contribution in [-0.2, 0) is 14.4 Å². The summed E-state index contributed by atoms with van der Waals surface area (Å²) in [6.07, 6.45) is 3.24. The zero-order valence-corrected chi connectivity index (χ0v) is 12.0. The van der Waals surface area contributed by atoms with E-state index in [9.17, 15) is 14.4 Å². The molecular weight excluding hydrogens is 260 g/mol. The van der Waals surface area contributed by atoms with Crippen LogP contribution in [0.15, 0.2) is 0 Å². The molecule has 6 nitrogen and oxygen atoms in total. The van der Waals surface area contributed by atoms with E-state index in [0.717, 1.165) is 19.3 Å². The minimum atomic E-state index is -1.04. The monoisotopic (exact) mass is 282 g/mol. The van der Waals surface area contributed by atoms with Crippen molar-refractivity contribution in [3.8, 4) is 0 Å². The molecule has 0 radical (unpaired) electrons. The van der Waals surface area contributed by atoms with Gasteiger partial charge in [-0.15, -0.1) is 0 Å². The molecule has 112 valence electrons. The second-order valence-corrected chi connectivity index (χ2v) is 6.03. The fourth-order valence-corrected chi connectivity index (χ4v) is 2.63. The lowest BCUT2D eigenvalue weighted by Gasteiger charge is -2.26. The van der Waals surface area contributed by atoms with Crippen LogP contribution in [0.25, 0.3) is 0 Å². The van der Waals surface area contributed by atoms with E-state index >= 15 is 0 Å². The molecule has 2 rings (SSSR count). The molecule has 2 N–H and O–H groups in total. The Morgan fingerprint density at radius 1 is 1.20 bits per heavy atom. The van der Waals surface area contributed by atoms with Crippen molar-refractivity contribution >= 4 is 17.8 Å². The number of amides is 2. The van der Waals surface area contributed by atoms with Gasteiger partial charge < -0.3 is 15.3 Å². The molecule has 1 heterocycles. The number of carbonyl (C=O) groups excluding carboxylic acids is 2. The highest BCUT2D eigenvalue weighted by molar-refractivity contribution is 5.92. The number of hydrogen-bond acceptors (Lipinski definition) is 3. The Balaban J connectivity index is 2.00. The second-order valence-electron chi connectivity index (χ2n) is 6.03. The van der Waals surface area contributed by atoms with Crippen LogP contribution in [0.3, 0.4) is 0 Å². The molecule has 1 aliphatic carbocycles. The summed E-state index contributed by atoms with van der Waals surface area (Å²) >= 11 is 0. The molecular formula is C14H22N2O4. The number of nitrogens with zero attached hydrogens (tertiary/aromatic N) is 1. The van der Waals surface area contributed by atoms with Crippen LogP contribution in [0.5, 0.6) is 0 Å². The standard InChI is InChI=1S/C14H22N2O4/c1-8(2)11(14(19)20)15-12(17)10-4-3-7-16(10)13(18)9-5-6-9/h8-11H,3-7H2,1-2H3,(H,15,17)(H,19,20)/t10?,11-/m0/s1. The maximum absolute atomic E-state index is 12.3. The summed E-state index contributed by atoms with van der Waals surface area (Å²) in [5.41, 5.74) is 0. The zero-order valence-electron chi connectivity index (χ0n) is 12.0. The Bertz CT molecular complexity index is 417. The highest BCUT2D eigenvalue weighted by atomic mass is 16.4. The van der Waals surface area contributed by atoms with Crippen LogP contribution in [0.1, 0.15) is 39.5 Å². The molecule has 20 heavy (non-hydrogen) atoms. The van der Waals surface area contributed by atoms with Crippen LogP contribution in [-0.4, -0.2) is 46.4 Å². The molecule has 0 bridgehead atoms. The molecule has 0 aromatic heterocycles. The summed E-state index contributed by atoms with van der Waals surface area (Å²) in [7, 11) is 0. The Morgan fingerprint density at radius 2 is 1.85 bits per heavy atom. The summed E-state index contributed by atoms with van der Waals surface area (Å²) < 4.78 is 0. The SMILES string of the molecule is CC(C)[C@H](NC(=O)C1CCCN1C(=O)C1CC1)C(=O)O. The number of carboxylic acids is 1. The number of carbonyl (C=O) groups is 3. The average molecular weight is 282 g/mol. The summed E-state index contributed by atoms with van der Waals surface area (Å²) in [5, 5.41) is 11.7. The Morgan fingerprint density at radius 3 is 2.35 bits per heavy atom. The van der Waals surface area contributed by atoms with Gasteiger partial charge in [0.25, 0.3) is 0 Å². The van der Waals surface area contributed by atoms with Crippen molar-refractivity contribution in [3.05, 3.63) is 0 Å². The molecule has 6 heteroatoms. The highest BCUT2D eigenvalue weighted by Crippen LogP contribution is 2.33. The van der Waals surface area contributed by atoms with Crippen LogP contribution in [0, 0.1) is 11.8 Å². The number of likely N-dealkylation sites (tertiary alicyclic amines) is 1. The van der Waals surface area contributed by atoms with E-state index in [1.54, 1.807) is 18.7 Å². The van der Waals surface area contributed by atoms with Crippen LogP contribution < -0.4 is 5.32 Å². The van der Waals surface area contributed by atoms with Gasteiger partial charge in [0.05, 0.1) is 0 Å². The molecule has 2 atom stereocenters. The van der Waals surface area contributed by atoms with Gasteiger partial charge in [0.2, 0.25) is 11.8 Å². The van der Waals surface area contributed by atoms with Crippen LogP contribution >= 0.6 is 0 Å². The van der Waals surface area contributed by atoms with E-state index in [4.69, 9.17) is 5.11 Å². The second kappa shape index (κ2) is 5.81. The van der Waals surface area contributed by atoms with Crippen molar-refractivity contribution in [2.45, 2.75) is 51.6 Å². The third-order valence-electron chi connectivity index (χ3n) is 4.00. The molecule has 1 unspecified atom stereocenters. The van der Waals surface area contributed by atoms with E-state index < -0.39 is 18.1 Å². The van der Waals surface area contributed by atoms with E-state index in [2.05, 4.69) is 5.32 Å². The maximum atomic E-state index is 12.3. The lowest BCUT2D eigenvalue weighted by molar-refractivity contribution is -0.145. The van der Waals surface area contributed by atoms with E-state index in [1.807, 2.05) is 0 Å². The molecule has 1 saturated heterocycles. The topological polar surface area (TPSA) is 86.7 Å². The molecule has 0 spiro atoms. The van der Waals surface area contributed by atoms with E-state index in [1.165, 1.54) is 0 Å². The minimum absolute atomic E-state index is 0.0547. The van der Waals surface area contributed by atoms with E-state index in [0.29, 0.717) is 13.0 Å². The fourth-order valence-electron chi connectivity index (χ4n) is 2.63. The number of hydrogen-bond donors (Lipinski definition) is 2. The molecule has 1 aliphatic heterocycles. The van der Waals surface area contributed by atoms with Gasteiger partial charge in [-0.05, 0) is 31.6 Å². The fraction of sp³-hybridized carbons (Fsp3) is 0.786. The van der Waals surface area contributed by atoms with Crippen molar-refractivity contribution in [3.63, 3.8) is 0 Å². The largest absolute Gasteiger partial charge is 0.480 e. The van der Waals surface area contributed by atoms with Crippen molar-refractivity contribution < 1.29 is 19.5 Å². The third kappa shape index (κ3) is 3.11. The van der Waals surface area contributed by atoms with Crippen molar-refractivity contribution in [1.29, 1.82) is 0 Å². The summed E-state index contributed by atoms with van der Waals surface area (Å²) in [5.74, 6) is -1.42. The molecule has 2 amide bonds. The Kier molecular flexibility index (Phi) is 4.30. The first-order valence-electron chi connectivity index (χ1n) is 7.25. The van der Waals surface area contributed by atoms with Gasteiger partial charge in [-0.1, -0.05) is 13.8 Å².